The molecule has 0 radical (unpaired) electrons. The molecule has 0 aromatic carbocycles. The molecule has 5 unspecified atom stereocenters. The first-order chi connectivity index (χ1) is 47.7. The van der Waals surface area contributed by atoms with Crippen LogP contribution in [0.3, 0.4) is 0 Å². The van der Waals surface area contributed by atoms with Crippen LogP contribution in [0.4, 0.5) is 0 Å². The summed E-state index contributed by atoms with van der Waals surface area (Å²) in [7, 11) is -10.0. The van der Waals surface area contributed by atoms with E-state index < -0.39 is 97.5 Å². The first kappa shape index (κ1) is 92.4. The Kier molecular flexibility index (Phi) is 65.9. The van der Waals surface area contributed by atoms with Crippen molar-refractivity contribution >= 4 is 39.5 Å². The number of phosphoric acid groups is 2. The van der Waals surface area contributed by atoms with Crippen molar-refractivity contribution < 1.29 is 80.2 Å². The van der Waals surface area contributed by atoms with Crippen molar-refractivity contribution in [2.24, 2.45) is 0 Å². The highest BCUT2D eigenvalue weighted by Crippen LogP contribution is 2.45. The third-order valence-corrected chi connectivity index (χ3v) is 16.1. The summed E-state index contributed by atoms with van der Waals surface area (Å²) in [6, 6.07) is 0. The van der Waals surface area contributed by atoms with Gasteiger partial charge in [0.15, 0.2) is 12.2 Å². The van der Waals surface area contributed by atoms with Crippen molar-refractivity contribution in [1.82, 2.24) is 0 Å². The fraction of sp³-hybridized carbons (Fsp3) is 0.595. The van der Waals surface area contributed by atoms with Crippen molar-refractivity contribution in [3.05, 3.63) is 170 Å². The number of allylic oxidation sites excluding steroid dienone is 26. The van der Waals surface area contributed by atoms with Gasteiger partial charge in [-0.25, -0.2) is 9.13 Å². The van der Waals surface area contributed by atoms with Crippen LogP contribution in [-0.4, -0.2) is 96.7 Å². The van der Waals surface area contributed by atoms with E-state index in [0.29, 0.717) is 25.7 Å². The van der Waals surface area contributed by atoms with Crippen LogP contribution in [0.15, 0.2) is 170 Å². The van der Waals surface area contributed by atoms with E-state index in [4.69, 9.17) is 37.0 Å². The Morgan fingerprint density at radius 1 is 0.306 bits per heavy atom. The molecule has 0 aliphatic carbocycles. The Morgan fingerprint density at radius 2 is 0.582 bits per heavy atom. The monoisotopic (exact) mass is 1410 g/mol. The third-order valence-electron chi connectivity index (χ3n) is 14.2. The Morgan fingerprint density at radius 3 is 0.959 bits per heavy atom. The van der Waals surface area contributed by atoms with E-state index in [-0.39, 0.29) is 25.7 Å². The number of aliphatic hydroxyl groups is 1. The van der Waals surface area contributed by atoms with Crippen LogP contribution in [0.25, 0.3) is 0 Å². The Hall–Kier alpha value is -5.58. The fourth-order valence-electron chi connectivity index (χ4n) is 8.77. The van der Waals surface area contributed by atoms with Crippen molar-refractivity contribution in [1.29, 1.82) is 0 Å². The molecule has 554 valence electrons. The highest BCUT2D eigenvalue weighted by atomic mass is 31.2. The molecule has 0 spiro atoms. The standard InChI is InChI=1S/C79H126O17P2/c1-5-9-13-17-21-25-29-32-35-36-39-41-45-48-52-56-60-64-77(82)90-70-75(96-79(84)66-62-58-54-50-46-42-38-34-31-27-23-19-15-11-7-3)72-94-98(87,88)92-68-73(80)67-91-97(85,86)93-71-74(95-78(83)65-61-57-53-49-43-28-24-20-16-12-8-4)69-89-76(81)63-59-55-51-47-44-40-37-33-30-26-22-18-14-10-6-2/h9-11,13-15,20-27,32-35,37-38,44,46-47,50,55,58-59,62,73-75,80H,5-8,12,16-19,28-31,36,39-43,45,48-49,51-54,56-57,60-61,63-72H2,1-4H3,(H,85,86)(H,87,88)/b13-9-,14-10-,15-11-,24-20-,25-21-,26-22-,27-23-,35-32-,37-33-,38-34-,47-44-,50-46-,59-55-,62-58-. The highest BCUT2D eigenvalue weighted by molar-refractivity contribution is 7.47. The molecule has 3 N–H and O–H groups in total. The Balaban J connectivity index is 5.49. The minimum absolute atomic E-state index is 0.0567. The van der Waals surface area contributed by atoms with Gasteiger partial charge in [0.25, 0.3) is 0 Å². The van der Waals surface area contributed by atoms with Gasteiger partial charge >= 0.3 is 39.5 Å². The van der Waals surface area contributed by atoms with Crippen LogP contribution in [0, 0.1) is 0 Å². The largest absolute Gasteiger partial charge is 0.472 e. The van der Waals surface area contributed by atoms with Crippen molar-refractivity contribution in [2.45, 2.75) is 264 Å². The first-order valence-corrected chi connectivity index (χ1v) is 39.4. The molecule has 19 heteroatoms. The van der Waals surface area contributed by atoms with Gasteiger partial charge in [0.1, 0.15) is 19.3 Å². The average Bonchev–Trinajstić information content (AvgIpc) is 0.985. The van der Waals surface area contributed by atoms with Gasteiger partial charge in [-0.05, 0) is 128 Å². The molecule has 0 rings (SSSR count). The fourth-order valence-corrected chi connectivity index (χ4v) is 10.4. The summed E-state index contributed by atoms with van der Waals surface area (Å²) < 4.78 is 68.0. The molecule has 5 atom stereocenters. The molecule has 0 amide bonds. The lowest BCUT2D eigenvalue weighted by atomic mass is 10.1. The third kappa shape index (κ3) is 68.9. The molecule has 0 aliphatic rings. The van der Waals surface area contributed by atoms with E-state index in [1.54, 1.807) is 18.2 Å². The summed E-state index contributed by atoms with van der Waals surface area (Å²) in [4.78, 5) is 72.6. The lowest BCUT2D eigenvalue weighted by molar-refractivity contribution is -0.160. The lowest BCUT2D eigenvalue weighted by Crippen LogP contribution is -2.30. The van der Waals surface area contributed by atoms with Gasteiger partial charge in [-0.2, -0.15) is 0 Å². The molecule has 0 heterocycles. The van der Waals surface area contributed by atoms with Crippen LogP contribution in [0.1, 0.15) is 246 Å². The van der Waals surface area contributed by atoms with Crippen LogP contribution < -0.4 is 0 Å². The maximum Gasteiger partial charge on any atom is 0.472 e. The minimum Gasteiger partial charge on any atom is -0.462 e. The van der Waals surface area contributed by atoms with Crippen molar-refractivity contribution in [3.63, 3.8) is 0 Å². The predicted octanol–water partition coefficient (Wildman–Crippen LogP) is 20.7. The minimum atomic E-state index is -5.01. The number of hydrogen-bond donors (Lipinski definition) is 3. The Bertz CT molecular complexity index is 2530. The summed E-state index contributed by atoms with van der Waals surface area (Å²) in [5.41, 5.74) is 0. The maximum atomic E-state index is 13.0. The predicted molar refractivity (Wildman–Crippen MR) is 399 cm³/mol. The molecule has 0 bridgehead atoms. The van der Waals surface area contributed by atoms with Gasteiger partial charge in [-0.15, -0.1) is 0 Å². The smallest absolute Gasteiger partial charge is 0.462 e. The molecule has 0 fully saturated rings. The zero-order valence-corrected chi connectivity index (χ0v) is 61.9. The topological polar surface area (TPSA) is 237 Å². The van der Waals surface area contributed by atoms with Crippen LogP contribution >= 0.6 is 15.6 Å². The molecular formula is C79H126O17P2. The van der Waals surface area contributed by atoms with Gasteiger partial charge < -0.3 is 33.8 Å². The SMILES string of the molecule is CC/C=C\C/C=C\C/C=C\C/C=C\C/C=C\CC(=O)OCC(COP(=O)(O)OCC(O)COP(=O)(O)OCC(COC(=O)CCCCCCCCC/C=C\C/C=C\C/C=C\CC)OC(=O)C/C=C\C/C=C\C/C=C\C/C=C\C/C=C\CC)OC(=O)CCCCCCC/C=C\CCCC. The van der Waals surface area contributed by atoms with Gasteiger partial charge in [0.2, 0.25) is 0 Å². The number of esters is 4. The van der Waals surface area contributed by atoms with E-state index >= 15 is 0 Å². The first-order valence-electron chi connectivity index (χ1n) is 36.4. The zero-order valence-electron chi connectivity index (χ0n) is 60.1. The van der Waals surface area contributed by atoms with Gasteiger partial charge in [0, 0.05) is 12.8 Å². The van der Waals surface area contributed by atoms with E-state index in [0.717, 1.165) is 161 Å². The van der Waals surface area contributed by atoms with E-state index in [1.807, 2.05) is 30.4 Å². The van der Waals surface area contributed by atoms with Crippen LogP contribution in [-0.2, 0) is 65.4 Å². The number of rotatable bonds is 66. The highest BCUT2D eigenvalue weighted by Gasteiger charge is 2.30. The van der Waals surface area contributed by atoms with Gasteiger partial charge in [-0.3, -0.25) is 37.3 Å². The van der Waals surface area contributed by atoms with Crippen molar-refractivity contribution in [3.8, 4) is 0 Å². The average molecular weight is 1410 g/mol. The molecule has 0 saturated carbocycles. The zero-order chi connectivity index (χ0) is 71.8. The molecule has 0 aromatic heterocycles. The molecular weight excluding hydrogens is 1280 g/mol. The summed E-state index contributed by atoms with van der Waals surface area (Å²) in [5, 5.41) is 10.6. The number of carbonyl (C=O) groups excluding carboxylic acids is 4. The van der Waals surface area contributed by atoms with Crippen molar-refractivity contribution in [2.75, 3.05) is 39.6 Å². The number of aliphatic hydroxyl groups excluding tert-OH is 1. The second-order valence-corrected chi connectivity index (χ2v) is 26.3. The molecule has 0 saturated heterocycles. The normalized spacial score (nSPS) is 15.0. The van der Waals surface area contributed by atoms with Gasteiger partial charge in [-0.1, -0.05) is 262 Å². The molecule has 17 nitrogen and oxygen atoms in total. The second-order valence-electron chi connectivity index (χ2n) is 23.4. The van der Waals surface area contributed by atoms with E-state index in [2.05, 4.69) is 149 Å². The number of hydrogen-bond acceptors (Lipinski definition) is 15. The van der Waals surface area contributed by atoms with Gasteiger partial charge in [0.05, 0.1) is 39.3 Å². The number of carbonyl (C=O) groups is 4. The lowest BCUT2D eigenvalue weighted by Gasteiger charge is -2.21. The number of unbranched alkanes of at least 4 members (excludes halogenated alkanes) is 14. The summed E-state index contributed by atoms with van der Waals surface area (Å²) in [6.07, 6.45) is 81.4. The van der Waals surface area contributed by atoms with E-state index in [9.17, 15) is 43.2 Å². The molecule has 98 heavy (non-hydrogen) atoms. The summed E-state index contributed by atoms with van der Waals surface area (Å²) >= 11 is 0. The Labute approximate surface area is 591 Å². The quantitative estimate of drug-likeness (QED) is 0.0169. The van der Waals surface area contributed by atoms with Crippen LogP contribution in [0.2, 0.25) is 0 Å². The molecule has 0 aromatic rings. The van der Waals surface area contributed by atoms with Crippen LogP contribution in [0.5, 0.6) is 0 Å². The summed E-state index contributed by atoms with van der Waals surface area (Å²) in [6.45, 7) is 4.19. The van der Waals surface area contributed by atoms with E-state index in [1.165, 1.54) is 6.42 Å². The second kappa shape index (κ2) is 69.9. The maximum absolute atomic E-state index is 13.0. The number of phosphoric ester groups is 2. The summed E-state index contributed by atoms with van der Waals surface area (Å²) in [5.74, 6) is -2.51. The molecule has 0 aliphatic heterocycles. The number of ether oxygens (including phenoxy) is 4.